The van der Waals surface area contributed by atoms with Crippen LogP contribution in [-0.4, -0.2) is 88.0 Å². The van der Waals surface area contributed by atoms with Crippen molar-refractivity contribution >= 4 is 17.7 Å². The first-order chi connectivity index (χ1) is 17.0. The van der Waals surface area contributed by atoms with E-state index in [4.69, 9.17) is 4.74 Å². The van der Waals surface area contributed by atoms with Crippen molar-refractivity contribution in [3.63, 3.8) is 0 Å². The van der Waals surface area contributed by atoms with E-state index in [9.17, 15) is 14.4 Å². The van der Waals surface area contributed by atoms with Crippen LogP contribution in [0.2, 0.25) is 0 Å². The Hall–Kier alpha value is -3.24. The molecule has 1 saturated heterocycles. The second-order valence-electron chi connectivity index (χ2n) is 9.63. The highest BCUT2D eigenvalue weighted by Gasteiger charge is 2.53. The van der Waals surface area contributed by atoms with Crippen LogP contribution < -0.4 is 10.6 Å². The van der Waals surface area contributed by atoms with E-state index in [0.717, 1.165) is 31.5 Å². The predicted molar refractivity (Wildman–Crippen MR) is 128 cm³/mol. The Kier molecular flexibility index (Phi) is 6.57. The van der Waals surface area contributed by atoms with E-state index >= 15 is 0 Å². The van der Waals surface area contributed by atoms with Crippen LogP contribution in [-0.2, 0) is 22.6 Å². The van der Waals surface area contributed by atoms with Crippen LogP contribution in [0.15, 0.2) is 36.7 Å². The average Bonchev–Trinajstić information content (AvgIpc) is 3.61. The largest absolute Gasteiger partial charge is 0.379 e. The van der Waals surface area contributed by atoms with Gasteiger partial charge in [-0.1, -0.05) is 30.3 Å². The van der Waals surface area contributed by atoms with Crippen molar-refractivity contribution in [3.8, 4) is 0 Å². The van der Waals surface area contributed by atoms with Crippen LogP contribution in [0.1, 0.15) is 46.3 Å². The van der Waals surface area contributed by atoms with Gasteiger partial charge in [0.2, 0.25) is 5.91 Å². The summed E-state index contributed by atoms with van der Waals surface area (Å²) in [5, 5.41) is 5.90. The first-order valence-corrected chi connectivity index (χ1v) is 12.3. The van der Waals surface area contributed by atoms with Gasteiger partial charge in [-0.2, -0.15) is 0 Å². The number of amides is 3. The molecule has 10 nitrogen and oxygen atoms in total. The third kappa shape index (κ3) is 4.81. The van der Waals surface area contributed by atoms with Gasteiger partial charge in [0.1, 0.15) is 11.2 Å². The number of imidazole rings is 1. The van der Waals surface area contributed by atoms with E-state index in [1.165, 1.54) is 6.33 Å². The smallest absolute Gasteiger partial charge is 0.274 e. The molecule has 1 aromatic carbocycles. The number of aromatic nitrogens is 2. The van der Waals surface area contributed by atoms with E-state index in [0.29, 0.717) is 32.8 Å². The fourth-order valence-corrected chi connectivity index (χ4v) is 4.93. The molecule has 186 valence electrons. The third-order valence-electron chi connectivity index (χ3n) is 7.00. The number of benzene rings is 1. The van der Waals surface area contributed by atoms with Gasteiger partial charge in [0.05, 0.1) is 26.1 Å². The summed E-state index contributed by atoms with van der Waals surface area (Å²) < 4.78 is 7.01. The molecular formula is C25H32N6O4. The van der Waals surface area contributed by atoms with Gasteiger partial charge in [0.15, 0.2) is 5.69 Å². The fraction of sp³-hybridized carbons (Fsp3) is 0.520. The fourth-order valence-electron chi connectivity index (χ4n) is 4.93. The topological polar surface area (TPSA) is 109 Å². The van der Waals surface area contributed by atoms with Gasteiger partial charge in [-0.15, -0.1) is 0 Å². The molecule has 1 atom stereocenters. The van der Waals surface area contributed by atoms with Crippen molar-refractivity contribution in [2.75, 3.05) is 39.4 Å². The van der Waals surface area contributed by atoms with E-state index in [1.807, 2.05) is 30.3 Å². The Balaban J connectivity index is 1.30. The van der Waals surface area contributed by atoms with Gasteiger partial charge in [0, 0.05) is 38.8 Å². The second-order valence-corrected chi connectivity index (χ2v) is 9.63. The summed E-state index contributed by atoms with van der Waals surface area (Å²) in [4.78, 5) is 48.2. The van der Waals surface area contributed by atoms with Crippen LogP contribution >= 0.6 is 0 Å². The monoisotopic (exact) mass is 480 g/mol. The molecule has 5 rings (SSSR count). The number of nitrogens with one attached hydrogen (secondary N) is 2. The molecule has 1 aliphatic carbocycles. The molecule has 2 fully saturated rings. The van der Waals surface area contributed by atoms with Gasteiger partial charge in [-0.25, -0.2) is 4.98 Å². The summed E-state index contributed by atoms with van der Waals surface area (Å²) in [5.74, 6) is -0.891. The summed E-state index contributed by atoms with van der Waals surface area (Å²) in [7, 11) is 0. The van der Waals surface area contributed by atoms with Crippen molar-refractivity contribution in [1.29, 1.82) is 0 Å². The number of fused-ring (bicyclic) bond motifs is 1. The summed E-state index contributed by atoms with van der Waals surface area (Å²) in [5.41, 5.74) is 0.303. The Labute approximate surface area is 204 Å². The molecule has 3 heterocycles. The highest BCUT2D eigenvalue weighted by molar-refractivity contribution is 6.07. The van der Waals surface area contributed by atoms with Crippen LogP contribution in [0.25, 0.3) is 0 Å². The summed E-state index contributed by atoms with van der Waals surface area (Å²) in [6.07, 6.45) is 3.20. The molecule has 3 aliphatic rings. The van der Waals surface area contributed by atoms with Crippen LogP contribution in [0.3, 0.4) is 0 Å². The average molecular weight is 481 g/mol. The normalized spacial score (nSPS) is 22.5. The zero-order valence-corrected chi connectivity index (χ0v) is 20.0. The molecule has 0 spiro atoms. The van der Waals surface area contributed by atoms with Crippen molar-refractivity contribution in [3.05, 3.63) is 53.6 Å². The number of hydrogen-bond acceptors (Lipinski definition) is 6. The van der Waals surface area contributed by atoms with Gasteiger partial charge in [-0.3, -0.25) is 19.3 Å². The molecule has 1 aromatic heterocycles. The van der Waals surface area contributed by atoms with E-state index in [1.54, 1.807) is 16.4 Å². The number of rotatable bonds is 8. The van der Waals surface area contributed by atoms with Crippen LogP contribution in [0.4, 0.5) is 0 Å². The first-order valence-electron chi connectivity index (χ1n) is 12.3. The quantitative estimate of drug-likeness (QED) is 0.574. The molecule has 1 saturated carbocycles. The minimum atomic E-state index is -1.06. The Morgan fingerprint density at radius 1 is 1.14 bits per heavy atom. The Morgan fingerprint density at radius 3 is 2.60 bits per heavy atom. The maximum absolute atomic E-state index is 13.7. The highest BCUT2D eigenvalue weighted by Crippen LogP contribution is 2.38. The SMILES string of the molecule is CC1(C(=O)NCc2ccccc2)Cn2cnc(C(=O)NCCN3CCOCC3)c2C(=O)N1C1CC1. The van der Waals surface area contributed by atoms with Crippen LogP contribution in [0, 0.1) is 0 Å². The second kappa shape index (κ2) is 9.79. The lowest BCUT2D eigenvalue weighted by atomic mass is 9.93. The third-order valence-corrected chi connectivity index (χ3v) is 7.00. The number of hydrogen-bond donors (Lipinski definition) is 2. The molecule has 2 aliphatic heterocycles. The van der Waals surface area contributed by atoms with E-state index in [-0.39, 0.29) is 41.7 Å². The molecule has 35 heavy (non-hydrogen) atoms. The van der Waals surface area contributed by atoms with Gasteiger partial charge in [0.25, 0.3) is 11.8 Å². The number of morpholine rings is 1. The molecule has 2 N–H and O–H groups in total. The predicted octanol–water partition coefficient (Wildman–Crippen LogP) is 0.638. The van der Waals surface area contributed by atoms with E-state index in [2.05, 4.69) is 20.5 Å². The number of carbonyl (C=O) groups is 3. The minimum absolute atomic E-state index is 0.00384. The molecule has 3 amide bonds. The van der Waals surface area contributed by atoms with Gasteiger partial charge >= 0.3 is 0 Å². The van der Waals surface area contributed by atoms with Gasteiger partial charge < -0.3 is 24.8 Å². The number of carbonyl (C=O) groups excluding carboxylic acids is 3. The van der Waals surface area contributed by atoms with Crippen molar-refractivity contribution in [2.45, 2.75) is 44.4 Å². The number of nitrogens with zero attached hydrogens (tertiary/aromatic N) is 4. The zero-order chi connectivity index (χ0) is 24.4. The zero-order valence-electron chi connectivity index (χ0n) is 20.0. The number of ether oxygens (including phenoxy) is 1. The molecule has 0 radical (unpaired) electrons. The van der Waals surface area contributed by atoms with Crippen molar-refractivity contribution in [1.82, 2.24) is 30.0 Å². The maximum atomic E-state index is 13.7. The minimum Gasteiger partial charge on any atom is -0.379 e. The molecule has 1 unspecified atom stereocenters. The Bertz CT molecular complexity index is 1090. The molecule has 10 heteroatoms. The maximum Gasteiger partial charge on any atom is 0.274 e. The molecular weight excluding hydrogens is 448 g/mol. The van der Waals surface area contributed by atoms with Crippen LogP contribution in [0.5, 0.6) is 0 Å². The summed E-state index contributed by atoms with van der Waals surface area (Å²) in [6.45, 7) is 6.70. The lowest BCUT2D eigenvalue weighted by Crippen LogP contribution is -2.64. The van der Waals surface area contributed by atoms with E-state index < -0.39 is 5.54 Å². The van der Waals surface area contributed by atoms with Crippen molar-refractivity contribution in [2.24, 2.45) is 0 Å². The standard InChI is InChI=1S/C25H32N6O4/c1-25(24(34)27-15-18-5-3-2-4-6-18)16-30-17-28-20(21(30)23(33)31(25)19-7-8-19)22(32)26-9-10-29-11-13-35-14-12-29/h2-6,17,19H,7-16H2,1H3,(H,26,32)(H,27,34). The molecule has 2 aromatic rings. The lowest BCUT2D eigenvalue weighted by molar-refractivity contribution is -0.133. The van der Waals surface area contributed by atoms with Crippen molar-refractivity contribution < 1.29 is 19.1 Å². The van der Waals surface area contributed by atoms with Gasteiger partial charge in [-0.05, 0) is 25.3 Å². The lowest BCUT2D eigenvalue weighted by Gasteiger charge is -2.44. The Morgan fingerprint density at radius 2 is 1.89 bits per heavy atom. The summed E-state index contributed by atoms with van der Waals surface area (Å²) in [6, 6.07) is 9.68. The highest BCUT2D eigenvalue weighted by atomic mass is 16.5. The first kappa shape index (κ1) is 23.5. The summed E-state index contributed by atoms with van der Waals surface area (Å²) >= 11 is 0. The molecule has 0 bridgehead atoms.